The van der Waals surface area contributed by atoms with Gasteiger partial charge in [-0.15, -0.1) is 0 Å². The molecule has 1 atom stereocenters. The third-order valence-electron chi connectivity index (χ3n) is 3.57. The van der Waals surface area contributed by atoms with Crippen LogP contribution in [0.2, 0.25) is 0 Å². The van der Waals surface area contributed by atoms with Crippen molar-refractivity contribution in [3.63, 3.8) is 0 Å². The molecule has 1 rings (SSSR count). The van der Waals surface area contributed by atoms with Crippen LogP contribution in [0, 0.1) is 0 Å². The van der Waals surface area contributed by atoms with Gasteiger partial charge in [-0.2, -0.15) is 0 Å². The van der Waals surface area contributed by atoms with E-state index in [9.17, 15) is 9.90 Å². The lowest BCUT2D eigenvalue weighted by molar-refractivity contribution is -0.146. The lowest BCUT2D eigenvalue weighted by Gasteiger charge is -2.39. The van der Waals surface area contributed by atoms with Crippen LogP contribution in [0.25, 0.3) is 0 Å². The Morgan fingerprint density at radius 2 is 2.00 bits per heavy atom. The molecule has 0 radical (unpaired) electrons. The van der Waals surface area contributed by atoms with Gasteiger partial charge in [0.15, 0.2) is 0 Å². The molecule has 0 spiro atoms. The largest absolute Gasteiger partial charge is 0.465 e. The first-order valence-electron chi connectivity index (χ1n) is 6.72. The van der Waals surface area contributed by atoms with E-state index in [4.69, 9.17) is 4.74 Å². The van der Waals surface area contributed by atoms with Crippen molar-refractivity contribution in [1.29, 1.82) is 0 Å². The van der Waals surface area contributed by atoms with Crippen molar-refractivity contribution in [3.05, 3.63) is 0 Å². The first-order valence-corrected chi connectivity index (χ1v) is 6.72. The van der Waals surface area contributed by atoms with Gasteiger partial charge in [-0.05, 0) is 26.2 Å². The summed E-state index contributed by atoms with van der Waals surface area (Å²) in [7, 11) is 0. The number of esters is 1. The molecule has 1 aliphatic carbocycles. The molecule has 0 aromatic heterocycles. The lowest BCUT2D eigenvalue weighted by Crippen LogP contribution is -2.56. The first kappa shape index (κ1) is 14.5. The Labute approximate surface area is 104 Å². The number of hydrogen-bond acceptors (Lipinski definition) is 4. The molecule has 0 bridgehead atoms. The number of carbonyl (C=O) groups is 1. The molecular weight excluding hydrogens is 218 g/mol. The molecule has 1 fully saturated rings. The van der Waals surface area contributed by atoms with Crippen LogP contribution in [-0.2, 0) is 9.53 Å². The molecule has 4 nitrogen and oxygen atoms in total. The standard InChI is InChI=1S/C13H25NO3/c1-3-11(12(16)17-4-2)14-13(10-15)8-6-5-7-9-13/h11,14-15H,3-10H2,1-2H3. The molecule has 4 heteroatoms. The van der Waals surface area contributed by atoms with Crippen LogP contribution >= 0.6 is 0 Å². The van der Waals surface area contributed by atoms with Crippen LogP contribution in [0.3, 0.4) is 0 Å². The summed E-state index contributed by atoms with van der Waals surface area (Å²) < 4.78 is 5.04. The Balaban J connectivity index is 2.60. The minimum atomic E-state index is -0.291. The summed E-state index contributed by atoms with van der Waals surface area (Å²) in [6.07, 6.45) is 6.04. The van der Waals surface area contributed by atoms with Gasteiger partial charge in [0.2, 0.25) is 0 Å². The smallest absolute Gasteiger partial charge is 0.323 e. The first-order chi connectivity index (χ1) is 8.17. The fraction of sp³-hybridized carbons (Fsp3) is 0.923. The summed E-state index contributed by atoms with van der Waals surface area (Å²) in [6, 6.07) is -0.291. The average molecular weight is 243 g/mol. The van der Waals surface area contributed by atoms with E-state index in [1.54, 1.807) is 0 Å². The number of aliphatic hydroxyl groups is 1. The Morgan fingerprint density at radius 3 is 2.47 bits per heavy atom. The molecule has 0 saturated heterocycles. The number of nitrogens with one attached hydrogen (secondary N) is 1. The predicted molar refractivity (Wildman–Crippen MR) is 66.7 cm³/mol. The summed E-state index contributed by atoms with van der Waals surface area (Å²) >= 11 is 0. The highest BCUT2D eigenvalue weighted by Gasteiger charge is 2.35. The zero-order chi connectivity index (χ0) is 12.7. The highest BCUT2D eigenvalue weighted by atomic mass is 16.5. The number of ether oxygens (including phenoxy) is 1. The highest BCUT2D eigenvalue weighted by molar-refractivity contribution is 5.75. The second kappa shape index (κ2) is 6.97. The summed E-state index contributed by atoms with van der Waals surface area (Å²) in [5.74, 6) is -0.201. The maximum Gasteiger partial charge on any atom is 0.323 e. The molecule has 0 aliphatic heterocycles. The lowest BCUT2D eigenvalue weighted by atomic mass is 9.81. The van der Waals surface area contributed by atoms with E-state index < -0.39 is 0 Å². The molecule has 0 amide bonds. The summed E-state index contributed by atoms with van der Waals surface area (Å²) in [5.41, 5.74) is -0.272. The topological polar surface area (TPSA) is 58.6 Å². The van der Waals surface area contributed by atoms with Crippen molar-refractivity contribution in [2.75, 3.05) is 13.2 Å². The summed E-state index contributed by atoms with van der Waals surface area (Å²) in [5, 5.41) is 12.9. The summed E-state index contributed by atoms with van der Waals surface area (Å²) in [6.45, 7) is 4.28. The van der Waals surface area contributed by atoms with E-state index in [1.165, 1.54) is 6.42 Å². The van der Waals surface area contributed by atoms with E-state index in [0.717, 1.165) is 25.7 Å². The Kier molecular flexibility index (Phi) is 5.92. The molecule has 1 unspecified atom stereocenters. The highest BCUT2D eigenvalue weighted by Crippen LogP contribution is 2.28. The number of hydrogen-bond donors (Lipinski definition) is 2. The zero-order valence-corrected chi connectivity index (χ0v) is 11.0. The van der Waals surface area contributed by atoms with Crippen molar-refractivity contribution in [3.8, 4) is 0 Å². The van der Waals surface area contributed by atoms with Crippen molar-refractivity contribution < 1.29 is 14.6 Å². The second-order valence-corrected chi connectivity index (χ2v) is 4.86. The number of rotatable bonds is 6. The van der Waals surface area contributed by atoms with Gasteiger partial charge in [0.1, 0.15) is 6.04 Å². The van der Waals surface area contributed by atoms with E-state index in [0.29, 0.717) is 13.0 Å². The zero-order valence-electron chi connectivity index (χ0n) is 11.0. The molecular formula is C13H25NO3. The third kappa shape index (κ3) is 3.96. The fourth-order valence-electron chi connectivity index (χ4n) is 2.52. The number of carbonyl (C=O) groups excluding carboxylic acids is 1. The second-order valence-electron chi connectivity index (χ2n) is 4.86. The van der Waals surface area contributed by atoms with E-state index in [1.807, 2.05) is 13.8 Å². The van der Waals surface area contributed by atoms with Crippen LogP contribution in [0.4, 0.5) is 0 Å². The minimum absolute atomic E-state index is 0.100. The Morgan fingerprint density at radius 1 is 1.35 bits per heavy atom. The van der Waals surface area contributed by atoms with Crippen LogP contribution in [-0.4, -0.2) is 35.9 Å². The van der Waals surface area contributed by atoms with Gasteiger partial charge < -0.3 is 9.84 Å². The molecule has 17 heavy (non-hydrogen) atoms. The molecule has 2 N–H and O–H groups in total. The van der Waals surface area contributed by atoms with Crippen LogP contribution in [0.15, 0.2) is 0 Å². The van der Waals surface area contributed by atoms with Crippen LogP contribution in [0.5, 0.6) is 0 Å². The predicted octanol–water partition coefficient (Wildman–Crippen LogP) is 1.61. The van der Waals surface area contributed by atoms with Gasteiger partial charge in [-0.1, -0.05) is 26.2 Å². The number of aliphatic hydroxyl groups excluding tert-OH is 1. The van der Waals surface area contributed by atoms with Gasteiger partial charge in [0, 0.05) is 5.54 Å². The van der Waals surface area contributed by atoms with Gasteiger partial charge in [-0.25, -0.2) is 0 Å². The molecule has 1 aliphatic rings. The Hall–Kier alpha value is -0.610. The fourth-order valence-corrected chi connectivity index (χ4v) is 2.52. The van der Waals surface area contributed by atoms with Gasteiger partial charge in [0.05, 0.1) is 13.2 Å². The van der Waals surface area contributed by atoms with E-state index in [2.05, 4.69) is 5.32 Å². The molecule has 1 saturated carbocycles. The monoisotopic (exact) mass is 243 g/mol. The minimum Gasteiger partial charge on any atom is -0.465 e. The molecule has 0 aromatic rings. The molecule has 0 heterocycles. The van der Waals surface area contributed by atoms with Gasteiger partial charge >= 0.3 is 5.97 Å². The molecule has 100 valence electrons. The van der Waals surface area contributed by atoms with Crippen molar-refractivity contribution in [2.24, 2.45) is 0 Å². The van der Waals surface area contributed by atoms with Crippen molar-refractivity contribution >= 4 is 5.97 Å². The maximum absolute atomic E-state index is 11.7. The quantitative estimate of drug-likeness (QED) is 0.696. The van der Waals surface area contributed by atoms with Crippen LogP contribution < -0.4 is 5.32 Å². The molecule has 0 aromatic carbocycles. The Bertz CT molecular complexity index is 237. The average Bonchev–Trinajstić information content (AvgIpc) is 2.37. The maximum atomic E-state index is 11.7. The van der Waals surface area contributed by atoms with E-state index >= 15 is 0 Å². The van der Waals surface area contributed by atoms with Crippen molar-refractivity contribution in [2.45, 2.75) is 64.0 Å². The normalized spacial score (nSPS) is 20.9. The van der Waals surface area contributed by atoms with E-state index in [-0.39, 0.29) is 24.2 Å². The summed E-state index contributed by atoms with van der Waals surface area (Å²) in [4.78, 5) is 11.7. The van der Waals surface area contributed by atoms with Crippen molar-refractivity contribution in [1.82, 2.24) is 5.32 Å². The third-order valence-corrected chi connectivity index (χ3v) is 3.57. The van der Waals surface area contributed by atoms with Gasteiger partial charge in [-0.3, -0.25) is 10.1 Å². The SMILES string of the molecule is CCOC(=O)C(CC)NC1(CO)CCCCC1. The van der Waals surface area contributed by atoms with Gasteiger partial charge in [0.25, 0.3) is 0 Å². The van der Waals surface area contributed by atoms with Crippen LogP contribution in [0.1, 0.15) is 52.4 Å².